The summed E-state index contributed by atoms with van der Waals surface area (Å²) in [6.45, 7) is 1.77. The molecule has 0 saturated heterocycles. The molecule has 1 unspecified atom stereocenters. The Kier molecular flexibility index (Phi) is 3.10. The normalized spacial score (nSPS) is 12.6. The predicted octanol–water partition coefficient (Wildman–Crippen LogP) is 2.67. The lowest BCUT2D eigenvalue weighted by molar-refractivity contribution is 0.456. The van der Waals surface area contributed by atoms with Crippen LogP contribution >= 0.6 is 11.6 Å². The Labute approximate surface area is 97.9 Å². The van der Waals surface area contributed by atoms with Gasteiger partial charge in [0.25, 0.3) is 0 Å². The molecule has 1 aromatic carbocycles. The molecule has 16 heavy (non-hydrogen) atoms. The van der Waals surface area contributed by atoms with Crippen LogP contribution < -0.4 is 0 Å². The molecule has 0 radical (unpaired) electrons. The molecule has 0 spiro atoms. The lowest BCUT2D eigenvalue weighted by Gasteiger charge is -1.97. The van der Waals surface area contributed by atoms with Gasteiger partial charge in [-0.05, 0) is 24.6 Å². The molecule has 84 valence electrons. The van der Waals surface area contributed by atoms with E-state index in [1.165, 1.54) is 0 Å². The van der Waals surface area contributed by atoms with Gasteiger partial charge in [0.15, 0.2) is 0 Å². The van der Waals surface area contributed by atoms with Crippen molar-refractivity contribution in [2.24, 2.45) is 0 Å². The van der Waals surface area contributed by atoms with Crippen LogP contribution in [0, 0.1) is 0 Å². The van der Waals surface area contributed by atoms with Crippen LogP contribution in [0.25, 0.3) is 0 Å². The minimum atomic E-state index is -0.287. The van der Waals surface area contributed by atoms with E-state index in [9.17, 15) is 5.11 Å². The maximum absolute atomic E-state index is 9.30. The van der Waals surface area contributed by atoms with E-state index < -0.39 is 0 Å². The zero-order valence-corrected chi connectivity index (χ0v) is 9.48. The number of rotatable bonds is 3. The molecule has 2 aromatic rings. The molecule has 0 fully saturated rings. The highest BCUT2D eigenvalue weighted by atomic mass is 35.5. The number of nitrogens with zero attached hydrogens (tertiary/aromatic N) is 2. The van der Waals surface area contributed by atoms with Crippen LogP contribution in [0.5, 0.6) is 5.75 Å². The van der Waals surface area contributed by atoms with Gasteiger partial charge in [0.1, 0.15) is 11.1 Å². The summed E-state index contributed by atoms with van der Waals surface area (Å²) in [7, 11) is 0. The first-order chi connectivity index (χ1) is 7.65. The van der Waals surface area contributed by atoms with Gasteiger partial charge in [-0.1, -0.05) is 12.1 Å². The van der Waals surface area contributed by atoms with Gasteiger partial charge in [-0.25, -0.2) is 0 Å². The summed E-state index contributed by atoms with van der Waals surface area (Å²) in [4.78, 5) is 0. The van der Waals surface area contributed by atoms with Gasteiger partial charge in [0.05, 0.1) is 6.42 Å². The van der Waals surface area contributed by atoms with Gasteiger partial charge in [-0.15, -0.1) is 21.8 Å². The van der Waals surface area contributed by atoms with Crippen molar-refractivity contribution in [2.45, 2.75) is 18.7 Å². The summed E-state index contributed by atoms with van der Waals surface area (Å²) < 4.78 is 5.35. The fourth-order valence-electron chi connectivity index (χ4n) is 1.34. The van der Waals surface area contributed by atoms with Crippen molar-refractivity contribution in [2.75, 3.05) is 0 Å². The molecule has 2 rings (SSSR count). The second kappa shape index (κ2) is 4.53. The molecule has 1 heterocycles. The maximum Gasteiger partial charge on any atom is 0.234 e. The Morgan fingerprint density at radius 2 is 2.25 bits per heavy atom. The molecule has 0 bridgehead atoms. The zero-order chi connectivity index (χ0) is 11.5. The largest absolute Gasteiger partial charge is 0.508 e. The Balaban J connectivity index is 2.14. The van der Waals surface area contributed by atoms with Gasteiger partial charge >= 0.3 is 0 Å². The van der Waals surface area contributed by atoms with Gasteiger partial charge in [-0.2, -0.15) is 0 Å². The van der Waals surface area contributed by atoms with Crippen molar-refractivity contribution in [1.29, 1.82) is 0 Å². The third-order valence-electron chi connectivity index (χ3n) is 2.09. The standard InChI is InChI=1S/C11H11ClN2O2/c1-7(12)11-14-13-10(16-11)6-8-3-2-4-9(15)5-8/h2-5,7,15H,6H2,1H3. The molecule has 1 aromatic heterocycles. The highest BCUT2D eigenvalue weighted by Gasteiger charge is 2.11. The number of phenols is 1. The summed E-state index contributed by atoms with van der Waals surface area (Å²) in [5, 5.41) is 16.7. The van der Waals surface area contributed by atoms with E-state index in [1.807, 2.05) is 6.07 Å². The van der Waals surface area contributed by atoms with E-state index in [0.717, 1.165) is 5.56 Å². The van der Waals surface area contributed by atoms with Crippen LogP contribution in [0.15, 0.2) is 28.7 Å². The Morgan fingerprint density at radius 3 is 2.88 bits per heavy atom. The smallest absolute Gasteiger partial charge is 0.234 e. The van der Waals surface area contributed by atoms with Gasteiger partial charge in [0, 0.05) is 0 Å². The average molecular weight is 239 g/mol. The van der Waals surface area contributed by atoms with Crippen LogP contribution in [0.4, 0.5) is 0 Å². The summed E-state index contributed by atoms with van der Waals surface area (Å²) in [6, 6.07) is 6.93. The highest BCUT2D eigenvalue weighted by Crippen LogP contribution is 2.19. The second-order valence-electron chi connectivity index (χ2n) is 3.50. The Morgan fingerprint density at radius 1 is 1.44 bits per heavy atom. The van der Waals surface area contributed by atoms with Crippen LogP contribution in [0.2, 0.25) is 0 Å². The third kappa shape index (κ3) is 2.52. The highest BCUT2D eigenvalue weighted by molar-refractivity contribution is 6.20. The summed E-state index contributed by atoms with van der Waals surface area (Å²) in [5.41, 5.74) is 0.914. The number of phenolic OH excluding ortho intramolecular Hbond substituents is 1. The lowest BCUT2D eigenvalue weighted by atomic mass is 10.1. The van der Waals surface area contributed by atoms with Crippen molar-refractivity contribution < 1.29 is 9.52 Å². The van der Waals surface area contributed by atoms with Gasteiger partial charge in [-0.3, -0.25) is 0 Å². The Bertz CT molecular complexity index is 482. The monoisotopic (exact) mass is 238 g/mol. The molecule has 0 amide bonds. The average Bonchev–Trinajstić information content (AvgIpc) is 2.66. The van der Waals surface area contributed by atoms with Crippen LogP contribution in [-0.2, 0) is 6.42 Å². The van der Waals surface area contributed by atoms with E-state index in [2.05, 4.69) is 10.2 Å². The maximum atomic E-state index is 9.30. The first-order valence-corrected chi connectivity index (χ1v) is 5.33. The van der Waals surface area contributed by atoms with Crippen molar-refractivity contribution in [3.05, 3.63) is 41.6 Å². The van der Waals surface area contributed by atoms with Crippen LogP contribution in [0.1, 0.15) is 29.6 Å². The minimum Gasteiger partial charge on any atom is -0.508 e. The lowest BCUT2D eigenvalue weighted by Crippen LogP contribution is -1.87. The molecule has 1 atom stereocenters. The number of benzene rings is 1. The van der Waals surface area contributed by atoms with Crippen molar-refractivity contribution >= 4 is 11.6 Å². The summed E-state index contributed by atoms with van der Waals surface area (Å²) >= 11 is 5.81. The van der Waals surface area contributed by atoms with Crippen LogP contribution in [0.3, 0.4) is 0 Å². The first kappa shape index (κ1) is 11.0. The molecule has 0 aliphatic rings. The fraction of sp³-hybridized carbons (Fsp3) is 0.273. The minimum absolute atomic E-state index is 0.225. The van der Waals surface area contributed by atoms with Crippen LogP contribution in [-0.4, -0.2) is 15.3 Å². The van der Waals surface area contributed by atoms with E-state index >= 15 is 0 Å². The predicted molar refractivity (Wildman–Crippen MR) is 59.5 cm³/mol. The number of halogens is 1. The number of hydrogen-bond donors (Lipinski definition) is 1. The molecular weight excluding hydrogens is 228 g/mol. The molecule has 0 saturated carbocycles. The van der Waals surface area contributed by atoms with E-state index in [1.54, 1.807) is 25.1 Å². The number of aromatic nitrogens is 2. The molecule has 5 heteroatoms. The van der Waals surface area contributed by atoms with Crippen molar-refractivity contribution in [3.8, 4) is 5.75 Å². The van der Waals surface area contributed by atoms with Gasteiger partial charge in [0.2, 0.25) is 11.8 Å². The number of hydrogen-bond acceptors (Lipinski definition) is 4. The second-order valence-corrected chi connectivity index (χ2v) is 4.15. The molecule has 4 nitrogen and oxygen atoms in total. The SMILES string of the molecule is CC(Cl)c1nnc(Cc2cccc(O)c2)o1. The van der Waals surface area contributed by atoms with E-state index in [0.29, 0.717) is 18.2 Å². The van der Waals surface area contributed by atoms with E-state index in [4.69, 9.17) is 16.0 Å². The summed E-state index contributed by atoms with van der Waals surface area (Å²) in [5.74, 6) is 1.13. The molecule has 1 N–H and O–H groups in total. The van der Waals surface area contributed by atoms with Gasteiger partial charge < -0.3 is 9.52 Å². The molecular formula is C11H11ClN2O2. The third-order valence-corrected chi connectivity index (χ3v) is 2.28. The number of aromatic hydroxyl groups is 1. The van der Waals surface area contributed by atoms with Crippen molar-refractivity contribution in [3.63, 3.8) is 0 Å². The van der Waals surface area contributed by atoms with Crippen molar-refractivity contribution in [1.82, 2.24) is 10.2 Å². The molecule has 0 aliphatic carbocycles. The first-order valence-electron chi connectivity index (χ1n) is 4.89. The molecule has 0 aliphatic heterocycles. The topological polar surface area (TPSA) is 59.2 Å². The quantitative estimate of drug-likeness (QED) is 0.836. The summed E-state index contributed by atoms with van der Waals surface area (Å²) in [6.07, 6.45) is 0.491. The zero-order valence-electron chi connectivity index (χ0n) is 8.72. The number of alkyl halides is 1. The Hall–Kier alpha value is -1.55. The fourth-order valence-corrected chi connectivity index (χ4v) is 1.43. The van der Waals surface area contributed by atoms with E-state index in [-0.39, 0.29) is 11.1 Å².